The number of nitrogen functional groups attached to an aromatic ring is 1. The zero-order chi connectivity index (χ0) is 16.2. The molecule has 0 bridgehead atoms. The molecule has 1 aliphatic rings. The van der Waals surface area contributed by atoms with Crippen LogP contribution >= 0.6 is 0 Å². The maximum atomic E-state index is 12.6. The molecule has 1 saturated heterocycles. The summed E-state index contributed by atoms with van der Waals surface area (Å²) in [5, 5.41) is 0. The normalized spacial score (nSPS) is 16.9. The molecule has 0 saturated carbocycles. The van der Waals surface area contributed by atoms with E-state index >= 15 is 0 Å². The molecule has 0 aliphatic carbocycles. The first-order chi connectivity index (χ1) is 10.4. The second-order valence-electron chi connectivity index (χ2n) is 5.22. The number of hydrogen-bond donors (Lipinski definition) is 1. The summed E-state index contributed by atoms with van der Waals surface area (Å²) < 4.78 is 36.9. The Morgan fingerprint density at radius 1 is 1.32 bits per heavy atom. The van der Waals surface area contributed by atoms with Crippen LogP contribution < -0.4 is 10.5 Å². The number of nitrogens with zero attached hydrogens (tertiary/aromatic N) is 2. The fourth-order valence-corrected chi connectivity index (χ4v) is 3.50. The van der Waals surface area contributed by atoms with Crippen molar-refractivity contribution in [3.63, 3.8) is 0 Å². The molecule has 2 N–H and O–H groups in total. The summed E-state index contributed by atoms with van der Waals surface area (Å²) in [6, 6.07) is 4.52. The van der Waals surface area contributed by atoms with Gasteiger partial charge >= 0.3 is 0 Å². The van der Waals surface area contributed by atoms with Crippen molar-refractivity contribution in [3.8, 4) is 5.75 Å². The van der Waals surface area contributed by atoms with Gasteiger partial charge in [-0.15, -0.1) is 0 Å². The second kappa shape index (κ2) is 7.28. The molecule has 124 valence electrons. The zero-order valence-corrected chi connectivity index (χ0v) is 13.8. The van der Waals surface area contributed by atoms with Crippen LogP contribution in [0.3, 0.4) is 0 Å². The number of nitrogens with two attached hydrogens (primary N) is 1. The maximum Gasteiger partial charge on any atom is 0.243 e. The Labute approximate surface area is 131 Å². The van der Waals surface area contributed by atoms with E-state index in [2.05, 4.69) is 4.90 Å². The number of benzene rings is 1. The summed E-state index contributed by atoms with van der Waals surface area (Å²) in [4.78, 5) is 2.34. The van der Waals surface area contributed by atoms with Gasteiger partial charge in [-0.25, -0.2) is 8.42 Å². The van der Waals surface area contributed by atoms with Gasteiger partial charge in [0.15, 0.2) is 0 Å². The van der Waals surface area contributed by atoms with Crippen LogP contribution in [0.5, 0.6) is 5.75 Å². The van der Waals surface area contributed by atoms with Gasteiger partial charge in [-0.05, 0) is 6.07 Å². The van der Waals surface area contributed by atoms with E-state index in [1.165, 1.54) is 23.5 Å². The van der Waals surface area contributed by atoms with E-state index in [-0.39, 0.29) is 4.90 Å². The van der Waals surface area contributed by atoms with Gasteiger partial charge in [0.1, 0.15) is 5.75 Å². The fourth-order valence-electron chi connectivity index (χ4n) is 2.27. The van der Waals surface area contributed by atoms with Gasteiger partial charge in [0.05, 0.1) is 25.2 Å². The first-order valence-electron chi connectivity index (χ1n) is 7.14. The minimum atomic E-state index is -3.58. The molecule has 0 spiro atoms. The number of methoxy groups -OCH3 is 1. The molecule has 0 atom stereocenters. The second-order valence-corrected chi connectivity index (χ2v) is 7.27. The van der Waals surface area contributed by atoms with Crippen LogP contribution in [-0.4, -0.2) is 71.2 Å². The van der Waals surface area contributed by atoms with Crippen LogP contribution in [0.1, 0.15) is 0 Å². The van der Waals surface area contributed by atoms with Crippen molar-refractivity contribution >= 4 is 15.7 Å². The predicted octanol–water partition coefficient (Wildman–Crippen LogP) is 0.230. The molecule has 0 amide bonds. The minimum Gasteiger partial charge on any atom is -0.497 e. The number of morpholine rings is 1. The molecule has 8 heteroatoms. The van der Waals surface area contributed by atoms with E-state index in [1.54, 1.807) is 13.1 Å². The largest absolute Gasteiger partial charge is 0.497 e. The highest BCUT2D eigenvalue weighted by molar-refractivity contribution is 7.89. The van der Waals surface area contributed by atoms with E-state index in [9.17, 15) is 8.42 Å². The first kappa shape index (κ1) is 17.0. The van der Waals surface area contributed by atoms with Crippen LogP contribution in [0, 0.1) is 0 Å². The lowest BCUT2D eigenvalue weighted by molar-refractivity contribution is 0.0368. The predicted molar refractivity (Wildman–Crippen MR) is 84.5 cm³/mol. The van der Waals surface area contributed by atoms with Crippen LogP contribution in [-0.2, 0) is 14.8 Å². The molecule has 2 rings (SSSR count). The van der Waals surface area contributed by atoms with Gasteiger partial charge in [0.25, 0.3) is 0 Å². The molecule has 1 heterocycles. The topological polar surface area (TPSA) is 85.1 Å². The maximum absolute atomic E-state index is 12.6. The summed E-state index contributed by atoms with van der Waals surface area (Å²) >= 11 is 0. The lowest BCUT2D eigenvalue weighted by atomic mass is 10.3. The summed E-state index contributed by atoms with van der Waals surface area (Å²) in [6.45, 7) is 4.16. The third kappa shape index (κ3) is 4.10. The van der Waals surface area contributed by atoms with Crippen molar-refractivity contribution in [1.82, 2.24) is 9.21 Å². The molecule has 1 fully saturated rings. The third-order valence-corrected chi connectivity index (χ3v) is 5.52. The van der Waals surface area contributed by atoms with Crippen molar-refractivity contribution in [2.75, 3.05) is 59.3 Å². The van der Waals surface area contributed by atoms with Crippen LogP contribution in [0.2, 0.25) is 0 Å². The van der Waals surface area contributed by atoms with Crippen molar-refractivity contribution in [3.05, 3.63) is 18.2 Å². The molecular weight excluding hydrogens is 306 g/mol. The SMILES string of the molecule is COc1cc(N)cc(S(=O)(=O)N(C)CCN2CCOCC2)c1. The van der Waals surface area contributed by atoms with Gasteiger partial charge in [0.2, 0.25) is 10.0 Å². The molecule has 1 aromatic carbocycles. The summed E-state index contributed by atoms with van der Waals surface area (Å²) in [7, 11) is -0.525. The van der Waals surface area contributed by atoms with E-state index < -0.39 is 10.0 Å². The lowest BCUT2D eigenvalue weighted by Gasteiger charge is -2.28. The van der Waals surface area contributed by atoms with Crippen molar-refractivity contribution in [2.24, 2.45) is 0 Å². The van der Waals surface area contributed by atoms with Crippen LogP contribution in [0.4, 0.5) is 5.69 Å². The Hall–Kier alpha value is -1.35. The molecule has 0 radical (unpaired) electrons. The van der Waals surface area contributed by atoms with E-state index in [1.807, 2.05) is 0 Å². The van der Waals surface area contributed by atoms with Gasteiger partial charge in [0, 0.05) is 51.0 Å². The minimum absolute atomic E-state index is 0.147. The lowest BCUT2D eigenvalue weighted by Crippen LogP contribution is -2.41. The number of rotatable bonds is 6. The van der Waals surface area contributed by atoms with E-state index in [4.69, 9.17) is 15.2 Å². The average Bonchev–Trinajstić information content (AvgIpc) is 2.52. The molecule has 22 heavy (non-hydrogen) atoms. The number of ether oxygens (including phenoxy) is 2. The standard InChI is InChI=1S/C14H23N3O4S/c1-16(3-4-17-5-7-21-8-6-17)22(18,19)14-10-12(15)9-13(11-14)20-2/h9-11H,3-8,15H2,1-2H3. The van der Waals surface area contributed by atoms with Crippen molar-refractivity contribution in [1.29, 1.82) is 0 Å². The number of anilines is 1. The number of sulfonamides is 1. The molecule has 1 aromatic rings. The van der Waals surface area contributed by atoms with Gasteiger partial charge < -0.3 is 15.2 Å². The average molecular weight is 329 g/mol. The molecule has 1 aliphatic heterocycles. The third-order valence-electron chi connectivity index (χ3n) is 3.68. The van der Waals surface area contributed by atoms with Gasteiger partial charge in [-0.1, -0.05) is 0 Å². The smallest absolute Gasteiger partial charge is 0.243 e. The number of hydrogen-bond acceptors (Lipinski definition) is 6. The van der Waals surface area contributed by atoms with Crippen LogP contribution in [0.25, 0.3) is 0 Å². The zero-order valence-electron chi connectivity index (χ0n) is 13.0. The van der Waals surface area contributed by atoms with Crippen molar-refractivity contribution in [2.45, 2.75) is 4.90 Å². The van der Waals surface area contributed by atoms with Gasteiger partial charge in [-0.2, -0.15) is 4.31 Å². The summed E-state index contributed by atoms with van der Waals surface area (Å²) in [5.41, 5.74) is 6.10. The quantitative estimate of drug-likeness (QED) is 0.752. The summed E-state index contributed by atoms with van der Waals surface area (Å²) in [5.74, 6) is 0.431. The van der Waals surface area contributed by atoms with E-state index in [0.717, 1.165) is 13.1 Å². The Balaban J connectivity index is 2.06. The highest BCUT2D eigenvalue weighted by Crippen LogP contribution is 2.24. The van der Waals surface area contributed by atoms with E-state index in [0.29, 0.717) is 37.7 Å². The Morgan fingerprint density at radius 2 is 2.00 bits per heavy atom. The molecule has 0 unspecified atom stereocenters. The summed E-state index contributed by atoms with van der Waals surface area (Å²) in [6.07, 6.45) is 0. The first-order valence-corrected chi connectivity index (χ1v) is 8.58. The monoisotopic (exact) mass is 329 g/mol. The molecular formula is C14H23N3O4S. The van der Waals surface area contributed by atoms with Gasteiger partial charge in [-0.3, -0.25) is 4.90 Å². The molecule has 7 nitrogen and oxygen atoms in total. The van der Waals surface area contributed by atoms with Crippen LogP contribution in [0.15, 0.2) is 23.1 Å². The molecule has 0 aromatic heterocycles. The fraction of sp³-hybridized carbons (Fsp3) is 0.571. The Bertz CT molecular complexity index is 600. The Morgan fingerprint density at radius 3 is 2.64 bits per heavy atom. The highest BCUT2D eigenvalue weighted by atomic mass is 32.2. The Kier molecular flexibility index (Phi) is 5.63. The highest BCUT2D eigenvalue weighted by Gasteiger charge is 2.23. The number of likely N-dealkylation sites (N-methyl/N-ethyl adjacent to an activating group) is 1. The van der Waals surface area contributed by atoms with Crippen molar-refractivity contribution < 1.29 is 17.9 Å².